The number of hydrogen-bond acceptors (Lipinski definition) is 2. The van der Waals surface area contributed by atoms with Gasteiger partial charge in [0.05, 0.1) is 5.69 Å². The molecule has 0 bridgehead atoms. The van der Waals surface area contributed by atoms with Gasteiger partial charge in [-0.15, -0.1) is 0 Å². The molecule has 0 spiro atoms. The van der Waals surface area contributed by atoms with Gasteiger partial charge < -0.3 is 5.32 Å². The van der Waals surface area contributed by atoms with E-state index >= 15 is 0 Å². The maximum atomic E-state index is 5.86. The Morgan fingerprint density at radius 1 is 1.12 bits per heavy atom. The van der Waals surface area contributed by atoms with Crippen molar-refractivity contribution in [3.05, 3.63) is 50.5 Å². The second-order valence-corrected chi connectivity index (χ2v) is 5.32. The molecule has 5 heteroatoms. The summed E-state index contributed by atoms with van der Waals surface area (Å²) < 4.78 is 1.86. The van der Waals surface area contributed by atoms with Crippen molar-refractivity contribution in [3.63, 3.8) is 0 Å². The molecule has 1 aromatic heterocycles. The highest BCUT2D eigenvalue weighted by atomic mass is 79.9. The van der Waals surface area contributed by atoms with Crippen molar-refractivity contribution in [2.45, 2.75) is 0 Å². The maximum absolute atomic E-state index is 5.86. The highest BCUT2D eigenvalue weighted by Crippen LogP contribution is 2.28. The van der Waals surface area contributed by atoms with Crippen molar-refractivity contribution in [1.29, 1.82) is 0 Å². The number of rotatable bonds is 2. The minimum absolute atomic E-state index is 0.696. The van der Waals surface area contributed by atoms with Crippen LogP contribution in [0, 0.1) is 0 Å². The third-order valence-electron chi connectivity index (χ3n) is 1.92. The molecule has 2 aromatic rings. The summed E-state index contributed by atoms with van der Waals surface area (Å²) in [4.78, 5) is 4.23. The van der Waals surface area contributed by atoms with Crippen LogP contribution in [-0.2, 0) is 0 Å². The second-order valence-electron chi connectivity index (χ2n) is 3.11. The van der Waals surface area contributed by atoms with Gasteiger partial charge in [0.2, 0.25) is 0 Å². The highest BCUT2D eigenvalue weighted by Gasteiger charge is 2.01. The molecular weight excluding hydrogens is 355 g/mol. The van der Waals surface area contributed by atoms with E-state index in [1.165, 1.54) is 0 Å². The quantitative estimate of drug-likeness (QED) is 0.813. The molecule has 2 rings (SSSR count). The van der Waals surface area contributed by atoms with Crippen LogP contribution in [0.5, 0.6) is 0 Å². The van der Waals surface area contributed by atoms with Gasteiger partial charge in [0.25, 0.3) is 0 Å². The number of nitrogens with zero attached hydrogens (tertiary/aromatic N) is 1. The van der Waals surface area contributed by atoms with E-state index < -0.39 is 0 Å². The molecule has 1 heterocycles. The fourth-order valence-electron chi connectivity index (χ4n) is 1.18. The van der Waals surface area contributed by atoms with Crippen LogP contribution in [0.2, 0.25) is 5.02 Å². The Morgan fingerprint density at radius 3 is 2.56 bits per heavy atom. The van der Waals surface area contributed by atoms with Crippen LogP contribution >= 0.6 is 43.5 Å². The average Bonchev–Trinajstić information content (AvgIpc) is 2.25. The lowest BCUT2D eigenvalue weighted by Gasteiger charge is -2.07. The summed E-state index contributed by atoms with van der Waals surface area (Å²) >= 11 is 12.6. The molecule has 82 valence electrons. The molecule has 0 unspecified atom stereocenters. The fourth-order valence-corrected chi connectivity index (χ4v) is 2.19. The number of aromatic nitrogens is 1. The summed E-state index contributed by atoms with van der Waals surface area (Å²) in [6.07, 6.45) is 1.74. The van der Waals surface area contributed by atoms with E-state index in [-0.39, 0.29) is 0 Å². The summed E-state index contributed by atoms with van der Waals surface area (Å²) in [7, 11) is 0. The van der Waals surface area contributed by atoms with Crippen LogP contribution in [0.15, 0.2) is 45.5 Å². The summed E-state index contributed by atoms with van der Waals surface area (Å²) in [5, 5.41) is 3.88. The van der Waals surface area contributed by atoms with Gasteiger partial charge in [-0.05, 0) is 62.2 Å². The van der Waals surface area contributed by atoms with E-state index in [0.717, 1.165) is 20.5 Å². The Morgan fingerprint density at radius 2 is 1.94 bits per heavy atom. The topological polar surface area (TPSA) is 24.9 Å². The summed E-state index contributed by atoms with van der Waals surface area (Å²) in [5.41, 5.74) is 0.930. The third-order valence-corrected chi connectivity index (χ3v) is 3.28. The minimum atomic E-state index is 0.696. The summed E-state index contributed by atoms with van der Waals surface area (Å²) in [6.45, 7) is 0. The molecule has 1 N–H and O–H groups in total. The number of anilines is 2. The summed E-state index contributed by atoms with van der Waals surface area (Å²) in [6, 6.07) is 9.39. The van der Waals surface area contributed by atoms with Gasteiger partial charge in [-0.3, -0.25) is 0 Å². The van der Waals surface area contributed by atoms with E-state index in [1.54, 1.807) is 6.20 Å². The first-order valence-electron chi connectivity index (χ1n) is 4.49. The highest BCUT2D eigenvalue weighted by molar-refractivity contribution is 9.10. The monoisotopic (exact) mass is 360 g/mol. The van der Waals surface area contributed by atoms with Crippen molar-refractivity contribution in [2.75, 3.05) is 5.32 Å². The fraction of sp³-hybridized carbons (Fsp3) is 0. The van der Waals surface area contributed by atoms with Crippen LogP contribution in [0.3, 0.4) is 0 Å². The molecule has 16 heavy (non-hydrogen) atoms. The van der Waals surface area contributed by atoms with E-state index in [1.807, 2.05) is 30.3 Å². The van der Waals surface area contributed by atoms with Gasteiger partial charge in [0.1, 0.15) is 5.82 Å². The lowest BCUT2D eigenvalue weighted by molar-refractivity contribution is 1.29. The van der Waals surface area contributed by atoms with Gasteiger partial charge >= 0.3 is 0 Å². The van der Waals surface area contributed by atoms with Crippen LogP contribution in [0.4, 0.5) is 11.5 Å². The molecule has 0 aliphatic rings. The zero-order valence-corrected chi connectivity index (χ0v) is 12.0. The molecule has 0 saturated heterocycles. The molecule has 0 saturated carbocycles. The van der Waals surface area contributed by atoms with Crippen LogP contribution in [0.1, 0.15) is 0 Å². The van der Waals surface area contributed by atoms with Crippen LogP contribution in [0.25, 0.3) is 0 Å². The van der Waals surface area contributed by atoms with Crippen LogP contribution in [-0.4, -0.2) is 4.98 Å². The SMILES string of the molecule is Clc1ccc(Nc2ccc(Br)cn2)c(Br)c1. The van der Waals surface area contributed by atoms with Crippen molar-refractivity contribution >= 4 is 55.0 Å². The second kappa shape index (κ2) is 5.17. The zero-order chi connectivity index (χ0) is 11.5. The molecule has 0 radical (unpaired) electrons. The minimum Gasteiger partial charge on any atom is -0.339 e. The van der Waals surface area contributed by atoms with Crippen molar-refractivity contribution < 1.29 is 0 Å². The molecule has 0 amide bonds. The lowest BCUT2D eigenvalue weighted by Crippen LogP contribution is -1.93. The predicted octanol–water partition coefficient (Wildman–Crippen LogP) is 5.00. The van der Waals surface area contributed by atoms with E-state index in [2.05, 4.69) is 42.2 Å². The van der Waals surface area contributed by atoms with Crippen molar-refractivity contribution in [3.8, 4) is 0 Å². The molecule has 1 aromatic carbocycles. The first-order chi connectivity index (χ1) is 7.65. The van der Waals surface area contributed by atoms with Gasteiger partial charge in [0.15, 0.2) is 0 Å². The zero-order valence-electron chi connectivity index (χ0n) is 8.05. The molecule has 2 nitrogen and oxygen atoms in total. The predicted molar refractivity (Wildman–Crippen MR) is 74.4 cm³/mol. The van der Waals surface area contributed by atoms with E-state index in [4.69, 9.17) is 11.6 Å². The van der Waals surface area contributed by atoms with E-state index in [0.29, 0.717) is 5.02 Å². The van der Waals surface area contributed by atoms with Crippen molar-refractivity contribution in [1.82, 2.24) is 4.98 Å². The lowest BCUT2D eigenvalue weighted by atomic mass is 10.3. The average molecular weight is 362 g/mol. The first kappa shape index (κ1) is 11.9. The standard InChI is InChI=1S/C11H7Br2ClN2/c12-7-1-4-11(15-6-7)16-10-3-2-8(14)5-9(10)13/h1-6H,(H,15,16). The maximum Gasteiger partial charge on any atom is 0.130 e. The normalized spacial score (nSPS) is 10.2. The van der Waals surface area contributed by atoms with Gasteiger partial charge in [-0.25, -0.2) is 4.98 Å². The molecule has 0 aliphatic carbocycles. The van der Waals surface area contributed by atoms with Gasteiger partial charge in [-0.2, -0.15) is 0 Å². The Labute approximate surface area is 115 Å². The largest absolute Gasteiger partial charge is 0.339 e. The third kappa shape index (κ3) is 2.97. The Balaban J connectivity index is 2.23. The molecule has 0 atom stereocenters. The number of pyridine rings is 1. The Hall–Kier alpha value is -0.580. The number of halogens is 3. The van der Waals surface area contributed by atoms with Gasteiger partial charge in [-0.1, -0.05) is 11.6 Å². The smallest absolute Gasteiger partial charge is 0.130 e. The summed E-state index contributed by atoms with van der Waals surface area (Å²) in [5.74, 6) is 0.784. The number of hydrogen-bond donors (Lipinski definition) is 1. The van der Waals surface area contributed by atoms with E-state index in [9.17, 15) is 0 Å². The molecule has 0 fully saturated rings. The number of benzene rings is 1. The first-order valence-corrected chi connectivity index (χ1v) is 6.45. The molecular formula is C11H7Br2ClN2. The Kier molecular flexibility index (Phi) is 3.84. The van der Waals surface area contributed by atoms with Crippen LogP contribution < -0.4 is 5.32 Å². The molecule has 0 aliphatic heterocycles. The van der Waals surface area contributed by atoms with Gasteiger partial charge in [0, 0.05) is 20.2 Å². The Bertz CT molecular complexity index is 500. The van der Waals surface area contributed by atoms with Crippen molar-refractivity contribution in [2.24, 2.45) is 0 Å². The number of nitrogens with one attached hydrogen (secondary N) is 1.